The second kappa shape index (κ2) is 7.42. The van der Waals surface area contributed by atoms with Crippen LogP contribution >= 0.6 is 0 Å². The van der Waals surface area contributed by atoms with Gasteiger partial charge in [0.05, 0.1) is 6.42 Å². The van der Waals surface area contributed by atoms with Crippen LogP contribution in [0.1, 0.15) is 5.56 Å². The molecule has 2 heteroatoms. The Morgan fingerprint density at radius 1 is 0.625 bits per heavy atom. The Balaban J connectivity index is 0.000000149. The lowest BCUT2D eigenvalue weighted by Crippen LogP contribution is -1.99. The fraction of sp³-hybridized carbons (Fsp3) is 0.0455. The molecule has 0 amide bonds. The Morgan fingerprint density at radius 2 is 1.04 bits per heavy atom. The van der Waals surface area contributed by atoms with Crippen molar-refractivity contribution in [2.24, 2.45) is 0 Å². The number of carbonyl (C=O) groups is 1. The molecule has 0 aliphatic rings. The number of carboxylic acid groups (broad SMARTS) is 1. The lowest BCUT2D eigenvalue weighted by molar-refractivity contribution is -0.136. The summed E-state index contributed by atoms with van der Waals surface area (Å²) in [6, 6.07) is 30.4. The van der Waals surface area contributed by atoms with Crippen LogP contribution in [0.3, 0.4) is 0 Å². The van der Waals surface area contributed by atoms with Crippen molar-refractivity contribution in [1.82, 2.24) is 0 Å². The number of hydrogen-bond acceptors (Lipinski definition) is 1. The number of carboxylic acids is 1. The van der Waals surface area contributed by atoms with Gasteiger partial charge in [-0.2, -0.15) is 0 Å². The van der Waals surface area contributed by atoms with Gasteiger partial charge in [0.25, 0.3) is 0 Å². The van der Waals surface area contributed by atoms with Crippen molar-refractivity contribution in [3.05, 3.63) is 96.6 Å². The molecule has 0 saturated carbocycles. The summed E-state index contributed by atoms with van der Waals surface area (Å²) in [7, 11) is 0. The molecule has 2 nitrogen and oxygen atoms in total. The molecule has 4 rings (SSSR count). The Hall–Kier alpha value is -3.13. The predicted octanol–water partition coefficient (Wildman–Crippen LogP) is 5.31. The monoisotopic (exact) mass is 314 g/mol. The minimum atomic E-state index is -0.791. The van der Waals surface area contributed by atoms with Gasteiger partial charge < -0.3 is 5.11 Å². The van der Waals surface area contributed by atoms with Gasteiger partial charge >= 0.3 is 5.97 Å². The Kier molecular flexibility index (Phi) is 4.87. The molecule has 0 radical (unpaired) electrons. The summed E-state index contributed by atoms with van der Waals surface area (Å²) in [5.74, 6) is -0.791. The van der Waals surface area contributed by atoms with Crippen molar-refractivity contribution < 1.29 is 9.90 Å². The first-order valence-corrected chi connectivity index (χ1v) is 7.85. The lowest BCUT2D eigenvalue weighted by atomic mass is 10.1. The van der Waals surface area contributed by atoms with Gasteiger partial charge in [-0.05, 0) is 27.1 Å². The molecule has 0 atom stereocenters. The van der Waals surface area contributed by atoms with Gasteiger partial charge in [0.1, 0.15) is 0 Å². The van der Waals surface area contributed by atoms with Crippen molar-refractivity contribution in [2.45, 2.75) is 6.42 Å². The molecule has 4 aromatic carbocycles. The van der Waals surface area contributed by atoms with Gasteiger partial charge in [-0.1, -0.05) is 91.0 Å². The van der Waals surface area contributed by atoms with E-state index in [-0.39, 0.29) is 6.42 Å². The van der Waals surface area contributed by atoms with Crippen LogP contribution in [-0.2, 0) is 11.2 Å². The van der Waals surface area contributed by atoms with Gasteiger partial charge in [0.2, 0.25) is 0 Å². The smallest absolute Gasteiger partial charge is 0.307 e. The first kappa shape index (κ1) is 15.8. The van der Waals surface area contributed by atoms with Crippen molar-refractivity contribution in [1.29, 1.82) is 0 Å². The van der Waals surface area contributed by atoms with Gasteiger partial charge in [-0.3, -0.25) is 4.79 Å². The number of aliphatic carboxylic acids is 1. The highest BCUT2D eigenvalue weighted by Crippen LogP contribution is 2.15. The van der Waals surface area contributed by atoms with Gasteiger partial charge in [-0.15, -0.1) is 0 Å². The Morgan fingerprint density at radius 3 is 1.50 bits per heavy atom. The quantitative estimate of drug-likeness (QED) is 0.544. The molecule has 4 aromatic rings. The normalized spacial score (nSPS) is 10.2. The number of fused-ring (bicyclic) bond motifs is 2. The molecule has 0 aromatic heterocycles. The second-order valence-electron chi connectivity index (χ2n) is 5.60. The molecule has 0 fully saturated rings. The van der Waals surface area contributed by atoms with Crippen molar-refractivity contribution >= 4 is 27.5 Å². The zero-order valence-electron chi connectivity index (χ0n) is 13.2. The largest absolute Gasteiger partial charge is 0.481 e. The van der Waals surface area contributed by atoms with Gasteiger partial charge in [0, 0.05) is 0 Å². The molecular formula is C22H18O2. The van der Waals surface area contributed by atoms with E-state index in [0.717, 1.165) is 16.3 Å². The minimum absolute atomic E-state index is 0.0881. The van der Waals surface area contributed by atoms with E-state index in [1.54, 1.807) is 0 Å². The molecule has 0 heterocycles. The summed E-state index contributed by atoms with van der Waals surface area (Å²) in [4.78, 5) is 10.5. The summed E-state index contributed by atoms with van der Waals surface area (Å²) in [6.07, 6.45) is 0.0881. The number of hydrogen-bond donors (Lipinski definition) is 1. The number of rotatable bonds is 2. The van der Waals surface area contributed by atoms with Crippen LogP contribution in [0.15, 0.2) is 91.0 Å². The summed E-state index contributed by atoms with van der Waals surface area (Å²) in [5, 5.41) is 13.5. The third-order valence-corrected chi connectivity index (χ3v) is 3.83. The van der Waals surface area contributed by atoms with Crippen LogP contribution in [0.25, 0.3) is 21.5 Å². The zero-order valence-corrected chi connectivity index (χ0v) is 13.2. The Labute approximate surface area is 141 Å². The molecule has 0 aliphatic heterocycles. The first-order chi connectivity index (χ1) is 11.7. The molecule has 0 saturated heterocycles. The minimum Gasteiger partial charge on any atom is -0.481 e. The predicted molar refractivity (Wildman–Crippen MR) is 99.2 cm³/mol. The summed E-state index contributed by atoms with van der Waals surface area (Å²) >= 11 is 0. The molecule has 0 unspecified atom stereocenters. The zero-order chi connectivity index (χ0) is 16.8. The fourth-order valence-corrected chi connectivity index (χ4v) is 2.66. The first-order valence-electron chi connectivity index (χ1n) is 7.85. The molecule has 0 aliphatic carbocycles. The van der Waals surface area contributed by atoms with Crippen molar-refractivity contribution in [3.63, 3.8) is 0 Å². The molecule has 118 valence electrons. The topological polar surface area (TPSA) is 37.3 Å². The van der Waals surface area contributed by atoms with Crippen molar-refractivity contribution in [3.8, 4) is 0 Å². The summed E-state index contributed by atoms with van der Waals surface area (Å²) in [6.45, 7) is 0. The molecule has 24 heavy (non-hydrogen) atoms. The summed E-state index contributed by atoms with van der Waals surface area (Å²) < 4.78 is 0. The summed E-state index contributed by atoms with van der Waals surface area (Å²) in [5.41, 5.74) is 0.844. The highest BCUT2D eigenvalue weighted by molar-refractivity contribution is 5.84. The van der Waals surface area contributed by atoms with E-state index < -0.39 is 5.97 Å². The van der Waals surface area contributed by atoms with Gasteiger partial charge in [0.15, 0.2) is 0 Å². The molecular weight excluding hydrogens is 296 g/mol. The highest BCUT2D eigenvalue weighted by Gasteiger charge is 2.00. The van der Waals surface area contributed by atoms with Crippen LogP contribution in [0, 0.1) is 0 Å². The van der Waals surface area contributed by atoms with E-state index >= 15 is 0 Å². The van der Waals surface area contributed by atoms with Gasteiger partial charge in [-0.25, -0.2) is 0 Å². The fourth-order valence-electron chi connectivity index (χ4n) is 2.66. The highest BCUT2D eigenvalue weighted by atomic mass is 16.4. The van der Waals surface area contributed by atoms with E-state index in [1.807, 2.05) is 42.5 Å². The van der Waals surface area contributed by atoms with E-state index in [2.05, 4.69) is 48.5 Å². The van der Waals surface area contributed by atoms with E-state index in [4.69, 9.17) is 5.11 Å². The average Bonchev–Trinajstić information content (AvgIpc) is 2.62. The second-order valence-corrected chi connectivity index (χ2v) is 5.60. The van der Waals surface area contributed by atoms with Crippen molar-refractivity contribution in [2.75, 3.05) is 0 Å². The van der Waals surface area contributed by atoms with Crippen LogP contribution in [0.4, 0.5) is 0 Å². The SMILES string of the molecule is O=C(O)Cc1ccc2ccccc2c1.c1ccc2ccccc2c1. The average molecular weight is 314 g/mol. The van der Waals surface area contributed by atoms with E-state index in [9.17, 15) is 4.79 Å². The lowest BCUT2D eigenvalue weighted by Gasteiger charge is -2.00. The van der Waals surface area contributed by atoms with Crippen LogP contribution < -0.4 is 0 Å². The third-order valence-electron chi connectivity index (χ3n) is 3.83. The standard InChI is InChI=1S/C12H10O2.C10H8/c13-12(14)8-9-5-6-10-3-1-2-4-11(10)7-9;1-2-6-10-8-4-3-7-9(10)5-1/h1-7H,8H2,(H,13,14);1-8H. The number of benzene rings is 4. The molecule has 0 bridgehead atoms. The third kappa shape index (κ3) is 3.99. The van der Waals surface area contributed by atoms with E-state index in [1.165, 1.54) is 10.8 Å². The maximum absolute atomic E-state index is 10.5. The Bertz CT molecular complexity index is 908. The van der Waals surface area contributed by atoms with Crippen LogP contribution in [0.5, 0.6) is 0 Å². The van der Waals surface area contributed by atoms with Crippen LogP contribution in [0.2, 0.25) is 0 Å². The molecule has 1 N–H and O–H groups in total. The molecule has 0 spiro atoms. The van der Waals surface area contributed by atoms with Crippen LogP contribution in [-0.4, -0.2) is 11.1 Å². The maximum Gasteiger partial charge on any atom is 0.307 e. The maximum atomic E-state index is 10.5. The van der Waals surface area contributed by atoms with E-state index in [0.29, 0.717) is 0 Å².